The molecule has 7 nitrogen and oxygen atoms in total. The Balaban J connectivity index is 1.38. The molecule has 4 aromatic rings. The largest absolute Gasteiger partial charge is 0.390 e. The number of rotatable bonds is 3. The highest BCUT2D eigenvalue weighted by Crippen LogP contribution is 2.59. The summed E-state index contributed by atoms with van der Waals surface area (Å²) >= 11 is 0. The van der Waals surface area contributed by atoms with E-state index in [0.717, 1.165) is 11.2 Å². The van der Waals surface area contributed by atoms with Gasteiger partial charge in [-0.15, -0.1) is 0 Å². The summed E-state index contributed by atoms with van der Waals surface area (Å²) in [6.07, 6.45) is 7.43. The highest BCUT2D eigenvalue weighted by molar-refractivity contribution is 5.91. The van der Waals surface area contributed by atoms with Gasteiger partial charge >= 0.3 is 0 Å². The lowest BCUT2D eigenvalue weighted by molar-refractivity contribution is -0.0596. The molecule has 3 aliphatic carbocycles. The SMILES string of the molecule is CC1(O)CC(c2nc(-c3ccc4ccn(C56CCC(C5)C(F)(F)C6)c(=O)c4c3)c3c(N)nccn23)C1. The average Bonchev–Trinajstić information content (AvgIpc) is 3.48. The number of pyridine rings is 1. The number of halogens is 2. The van der Waals surface area contributed by atoms with Gasteiger partial charge in [-0.25, -0.2) is 18.7 Å². The van der Waals surface area contributed by atoms with Crippen LogP contribution in [0.5, 0.6) is 0 Å². The van der Waals surface area contributed by atoms with Crippen molar-refractivity contribution < 1.29 is 13.9 Å². The van der Waals surface area contributed by atoms with Gasteiger partial charge in [-0.05, 0) is 56.5 Å². The molecule has 2 bridgehead atoms. The number of benzene rings is 1. The Hall–Kier alpha value is -3.33. The smallest absolute Gasteiger partial charge is 0.258 e. The van der Waals surface area contributed by atoms with E-state index < -0.39 is 23.0 Å². The van der Waals surface area contributed by atoms with Gasteiger partial charge in [0.15, 0.2) is 0 Å². The van der Waals surface area contributed by atoms with Gasteiger partial charge in [0.2, 0.25) is 0 Å². The first-order valence-corrected chi connectivity index (χ1v) is 12.5. The number of hydrogen-bond donors (Lipinski definition) is 2. The first-order valence-electron chi connectivity index (χ1n) is 12.5. The Morgan fingerprint density at radius 1 is 1.17 bits per heavy atom. The molecule has 3 aromatic heterocycles. The minimum atomic E-state index is -2.73. The number of nitrogen functional groups attached to an aromatic ring is 1. The highest BCUT2D eigenvalue weighted by atomic mass is 19.3. The lowest BCUT2D eigenvalue weighted by atomic mass is 9.72. The Morgan fingerprint density at radius 3 is 2.67 bits per heavy atom. The van der Waals surface area contributed by atoms with E-state index in [2.05, 4.69) is 4.98 Å². The Bertz CT molecular complexity index is 1620. The fraction of sp³-hybridized carbons (Fsp3) is 0.444. The molecule has 3 fully saturated rings. The van der Waals surface area contributed by atoms with Crippen molar-refractivity contribution in [3.63, 3.8) is 0 Å². The normalized spacial score (nSPS) is 30.8. The molecular formula is C27H27F2N5O2. The minimum Gasteiger partial charge on any atom is -0.390 e. The molecule has 2 atom stereocenters. The number of hydrogen-bond acceptors (Lipinski definition) is 5. The van der Waals surface area contributed by atoms with Crippen molar-refractivity contribution in [2.45, 2.75) is 68.4 Å². The van der Waals surface area contributed by atoms with E-state index in [0.29, 0.717) is 60.1 Å². The summed E-state index contributed by atoms with van der Waals surface area (Å²) in [6.45, 7) is 1.82. The van der Waals surface area contributed by atoms with Crippen LogP contribution < -0.4 is 11.3 Å². The zero-order chi connectivity index (χ0) is 25.0. The fourth-order valence-corrected chi connectivity index (χ4v) is 7.03. The highest BCUT2D eigenvalue weighted by Gasteiger charge is 2.61. The van der Waals surface area contributed by atoms with Crippen LogP contribution in [0.2, 0.25) is 0 Å². The molecule has 3 aliphatic rings. The van der Waals surface area contributed by atoms with Crippen molar-refractivity contribution in [3.05, 3.63) is 59.0 Å². The quantitative estimate of drug-likeness (QED) is 0.441. The van der Waals surface area contributed by atoms with Gasteiger partial charge in [-0.3, -0.25) is 9.20 Å². The van der Waals surface area contributed by atoms with Crippen LogP contribution in [0, 0.1) is 5.92 Å². The zero-order valence-corrected chi connectivity index (χ0v) is 19.9. The first kappa shape index (κ1) is 21.9. The van der Waals surface area contributed by atoms with Crippen LogP contribution in [0.15, 0.2) is 47.7 Å². The maximum absolute atomic E-state index is 14.5. The van der Waals surface area contributed by atoms with Crippen molar-refractivity contribution in [1.82, 2.24) is 18.9 Å². The van der Waals surface area contributed by atoms with Crippen molar-refractivity contribution in [3.8, 4) is 11.3 Å². The van der Waals surface area contributed by atoms with Gasteiger partial charge < -0.3 is 15.4 Å². The molecule has 0 radical (unpaired) electrons. The van der Waals surface area contributed by atoms with Gasteiger partial charge in [0.1, 0.15) is 22.9 Å². The summed E-state index contributed by atoms with van der Waals surface area (Å²) in [4.78, 5) is 22.9. The molecule has 3 N–H and O–H groups in total. The third-order valence-corrected chi connectivity index (χ3v) is 8.78. The lowest BCUT2D eigenvalue weighted by Gasteiger charge is -2.40. The average molecular weight is 492 g/mol. The van der Waals surface area contributed by atoms with Crippen molar-refractivity contribution in [1.29, 1.82) is 0 Å². The number of anilines is 1. The van der Waals surface area contributed by atoms with Gasteiger partial charge in [-0.2, -0.15) is 0 Å². The molecule has 0 spiro atoms. The molecule has 9 heteroatoms. The summed E-state index contributed by atoms with van der Waals surface area (Å²) < 4.78 is 32.4. The van der Waals surface area contributed by atoms with Crippen molar-refractivity contribution in [2.75, 3.05) is 5.73 Å². The number of nitrogens with two attached hydrogens (primary N) is 1. The molecule has 36 heavy (non-hydrogen) atoms. The maximum Gasteiger partial charge on any atom is 0.258 e. The predicted octanol–water partition coefficient (Wildman–Crippen LogP) is 4.46. The zero-order valence-electron chi connectivity index (χ0n) is 19.9. The predicted molar refractivity (Wildman–Crippen MR) is 132 cm³/mol. The Kier molecular flexibility index (Phi) is 4.20. The van der Waals surface area contributed by atoms with Gasteiger partial charge in [0, 0.05) is 47.8 Å². The summed E-state index contributed by atoms with van der Waals surface area (Å²) in [7, 11) is 0. The van der Waals surface area contributed by atoms with Crippen LogP contribution >= 0.6 is 0 Å². The second-order valence-corrected chi connectivity index (χ2v) is 11.3. The Labute approximate surface area is 205 Å². The molecule has 3 saturated carbocycles. The third-order valence-electron chi connectivity index (χ3n) is 8.78. The maximum atomic E-state index is 14.5. The second-order valence-electron chi connectivity index (χ2n) is 11.3. The van der Waals surface area contributed by atoms with Crippen LogP contribution in [-0.2, 0) is 5.54 Å². The molecule has 0 aliphatic heterocycles. The summed E-state index contributed by atoms with van der Waals surface area (Å²) in [6, 6.07) is 7.39. The van der Waals surface area contributed by atoms with Crippen LogP contribution in [-0.4, -0.2) is 35.6 Å². The number of imidazole rings is 1. The van der Waals surface area contributed by atoms with Crippen LogP contribution in [0.3, 0.4) is 0 Å². The summed E-state index contributed by atoms with van der Waals surface area (Å²) in [5.41, 5.74) is 6.48. The van der Waals surface area contributed by atoms with Crippen LogP contribution in [0.4, 0.5) is 14.6 Å². The van der Waals surface area contributed by atoms with E-state index in [4.69, 9.17) is 10.7 Å². The first-order chi connectivity index (χ1) is 17.1. The molecule has 1 aromatic carbocycles. The fourth-order valence-electron chi connectivity index (χ4n) is 7.03. The minimum absolute atomic E-state index is 0.0826. The number of alkyl halides is 2. The standard InChI is InChI=1S/C27H27F2N5O2/c1-25(36)11-17(12-25)23-32-20(21-22(30)31-7-9-33(21)23)16-3-2-15-5-8-34(24(35)19(15)10-16)26-6-4-18(13-26)27(28,29)14-26/h2-3,5,7-10,17-18,36H,4,6,11-14H2,1H3,(H2,30,31). The van der Waals surface area contributed by atoms with E-state index in [1.54, 1.807) is 23.0 Å². The van der Waals surface area contributed by atoms with Crippen molar-refractivity contribution in [2.24, 2.45) is 5.92 Å². The van der Waals surface area contributed by atoms with E-state index >= 15 is 0 Å². The molecule has 2 unspecified atom stereocenters. The van der Waals surface area contributed by atoms with E-state index in [9.17, 15) is 18.7 Å². The number of aromatic nitrogens is 4. The molecule has 7 rings (SSSR count). The van der Waals surface area contributed by atoms with E-state index in [-0.39, 0.29) is 17.9 Å². The van der Waals surface area contributed by atoms with E-state index in [1.165, 1.54) is 0 Å². The number of aliphatic hydroxyl groups is 1. The molecular weight excluding hydrogens is 464 g/mol. The lowest BCUT2D eigenvalue weighted by Crippen LogP contribution is -2.40. The molecule has 0 saturated heterocycles. The summed E-state index contributed by atoms with van der Waals surface area (Å²) in [5, 5.41) is 11.5. The number of nitrogens with zero attached hydrogens (tertiary/aromatic N) is 4. The van der Waals surface area contributed by atoms with E-state index in [1.807, 2.05) is 35.7 Å². The third kappa shape index (κ3) is 2.95. The molecule has 3 heterocycles. The van der Waals surface area contributed by atoms with Crippen molar-refractivity contribution >= 4 is 22.1 Å². The second kappa shape index (κ2) is 6.91. The monoisotopic (exact) mass is 491 g/mol. The van der Waals surface area contributed by atoms with Crippen LogP contribution in [0.25, 0.3) is 27.5 Å². The van der Waals surface area contributed by atoms with Crippen LogP contribution in [0.1, 0.15) is 57.2 Å². The molecule has 0 amide bonds. The summed E-state index contributed by atoms with van der Waals surface area (Å²) in [5.74, 6) is -2.16. The van der Waals surface area contributed by atoms with Gasteiger partial charge in [0.05, 0.1) is 11.1 Å². The van der Waals surface area contributed by atoms with Gasteiger partial charge in [-0.1, -0.05) is 12.1 Å². The Morgan fingerprint density at radius 2 is 1.97 bits per heavy atom. The number of fused-ring (bicyclic) bond motifs is 4. The molecule has 186 valence electrons. The van der Waals surface area contributed by atoms with Gasteiger partial charge in [0.25, 0.3) is 11.5 Å². The topological polar surface area (TPSA) is 98.4 Å².